The molecule has 1 atom stereocenters. The highest BCUT2D eigenvalue weighted by Crippen LogP contribution is 2.12. The molecule has 1 rings (SSSR count). The first-order valence-corrected chi connectivity index (χ1v) is 5.55. The van der Waals surface area contributed by atoms with Crippen molar-refractivity contribution < 1.29 is 13.9 Å². The summed E-state index contributed by atoms with van der Waals surface area (Å²) in [7, 11) is 0. The lowest BCUT2D eigenvalue weighted by Gasteiger charge is -2.13. The largest absolute Gasteiger partial charge is 0.379 e. The summed E-state index contributed by atoms with van der Waals surface area (Å²) in [5.74, 6) is -0.410. The van der Waals surface area contributed by atoms with E-state index in [1.54, 1.807) is 12.1 Å². The number of ether oxygens (including phenoxy) is 2. The fraction of sp³-hybridized carbons (Fsp3) is 0.462. The highest BCUT2D eigenvalue weighted by molar-refractivity contribution is 5.32. The standard InChI is InChI=1S/C13H16FNO2/c1-3-16-8-10(2)17-9-12-5-4-11(7-15)6-13(12)14/h4-6,10H,3,8-9H2,1-2H3. The third-order valence-electron chi connectivity index (χ3n) is 2.26. The zero-order chi connectivity index (χ0) is 12.7. The molecule has 0 aliphatic rings. The summed E-state index contributed by atoms with van der Waals surface area (Å²) in [5.41, 5.74) is 0.765. The molecular weight excluding hydrogens is 221 g/mol. The van der Waals surface area contributed by atoms with Gasteiger partial charge in [-0.2, -0.15) is 5.26 Å². The van der Waals surface area contributed by atoms with Crippen LogP contribution in [-0.2, 0) is 16.1 Å². The zero-order valence-electron chi connectivity index (χ0n) is 10.1. The monoisotopic (exact) mass is 237 g/mol. The van der Waals surface area contributed by atoms with Crippen LogP contribution in [0.1, 0.15) is 25.0 Å². The van der Waals surface area contributed by atoms with E-state index in [-0.39, 0.29) is 12.7 Å². The number of rotatable bonds is 6. The van der Waals surface area contributed by atoms with Gasteiger partial charge in [0, 0.05) is 12.2 Å². The fourth-order valence-electron chi connectivity index (χ4n) is 1.30. The molecule has 0 fully saturated rings. The van der Waals surface area contributed by atoms with Crippen LogP contribution >= 0.6 is 0 Å². The maximum Gasteiger partial charge on any atom is 0.130 e. The van der Waals surface area contributed by atoms with Gasteiger partial charge in [0.15, 0.2) is 0 Å². The van der Waals surface area contributed by atoms with Crippen LogP contribution in [0, 0.1) is 17.1 Å². The molecule has 0 aliphatic carbocycles. The van der Waals surface area contributed by atoms with Crippen molar-refractivity contribution in [2.45, 2.75) is 26.6 Å². The Bertz CT molecular complexity index is 401. The summed E-state index contributed by atoms with van der Waals surface area (Å²) in [4.78, 5) is 0. The van der Waals surface area contributed by atoms with Crippen LogP contribution in [0.3, 0.4) is 0 Å². The molecule has 0 saturated carbocycles. The predicted molar refractivity (Wildman–Crippen MR) is 61.9 cm³/mol. The fourth-order valence-corrected chi connectivity index (χ4v) is 1.30. The zero-order valence-corrected chi connectivity index (χ0v) is 10.1. The third-order valence-corrected chi connectivity index (χ3v) is 2.26. The van der Waals surface area contributed by atoms with Crippen LogP contribution in [0.25, 0.3) is 0 Å². The van der Waals surface area contributed by atoms with E-state index in [0.717, 1.165) is 0 Å². The average molecular weight is 237 g/mol. The third kappa shape index (κ3) is 4.51. The Hall–Kier alpha value is -1.44. The lowest BCUT2D eigenvalue weighted by atomic mass is 10.1. The molecule has 0 spiro atoms. The van der Waals surface area contributed by atoms with Crippen LogP contribution in [0.4, 0.5) is 4.39 Å². The van der Waals surface area contributed by atoms with Crippen molar-refractivity contribution in [1.29, 1.82) is 5.26 Å². The molecule has 0 aliphatic heterocycles. The Kier molecular flexibility index (Phi) is 5.61. The molecule has 4 heteroatoms. The van der Waals surface area contributed by atoms with Crippen LogP contribution in [0.5, 0.6) is 0 Å². The number of hydrogen-bond acceptors (Lipinski definition) is 3. The van der Waals surface area contributed by atoms with E-state index in [1.807, 2.05) is 19.9 Å². The summed E-state index contributed by atoms with van der Waals surface area (Å²) in [6.45, 7) is 5.10. The Labute approximate surface area is 101 Å². The van der Waals surface area contributed by atoms with Crippen LogP contribution in [0.15, 0.2) is 18.2 Å². The number of nitriles is 1. The highest BCUT2D eigenvalue weighted by Gasteiger charge is 2.07. The van der Waals surface area contributed by atoms with Crippen molar-refractivity contribution in [2.75, 3.05) is 13.2 Å². The molecule has 0 radical (unpaired) electrons. The van der Waals surface area contributed by atoms with E-state index in [9.17, 15) is 4.39 Å². The van der Waals surface area contributed by atoms with Gasteiger partial charge in [-0.15, -0.1) is 0 Å². The average Bonchev–Trinajstić information content (AvgIpc) is 2.34. The maximum absolute atomic E-state index is 13.5. The second-order valence-electron chi connectivity index (χ2n) is 3.70. The highest BCUT2D eigenvalue weighted by atomic mass is 19.1. The van der Waals surface area contributed by atoms with Gasteiger partial charge in [0.05, 0.1) is 31.0 Å². The quantitative estimate of drug-likeness (QED) is 0.763. The SMILES string of the molecule is CCOCC(C)OCc1ccc(C#N)cc1F. The number of benzene rings is 1. The normalized spacial score (nSPS) is 12.1. The molecule has 17 heavy (non-hydrogen) atoms. The van der Waals surface area contributed by atoms with Gasteiger partial charge in [0.2, 0.25) is 0 Å². The minimum atomic E-state index is -0.410. The predicted octanol–water partition coefficient (Wildman–Crippen LogP) is 2.64. The van der Waals surface area contributed by atoms with Gasteiger partial charge >= 0.3 is 0 Å². The molecule has 1 unspecified atom stereocenters. The van der Waals surface area contributed by atoms with E-state index in [4.69, 9.17) is 14.7 Å². The van der Waals surface area contributed by atoms with Crippen LogP contribution < -0.4 is 0 Å². The molecule has 92 valence electrons. The molecule has 0 heterocycles. The Morgan fingerprint density at radius 1 is 1.47 bits per heavy atom. The van der Waals surface area contributed by atoms with Crippen molar-refractivity contribution >= 4 is 0 Å². The number of nitrogens with zero attached hydrogens (tertiary/aromatic N) is 1. The van der Waals surface area contributed by atoms with Crippen molar-refractivity contribution in [1.82, 2.24) is 0 Å². The summed E-state index contributed by atoms with van der Waals surface area (Å²) in [6.07, 6.45) is -0.0787. The van der Waals surface area contributed by atoms with Crippen molar-refractivity contribution in [3.63, 3.8) is 0 Å². The van der Waals surface area contributed by atoms with E-state index in [2.05, 4.69) is 0 Å². The summed E-state index contributed by atoms with van der Waals surface area (Å²) < 4.78 is 24.1. The molecule has 0 aromatic heterocycles. The smallest absolute Gasteiger partial charge is 0.130 e. The molecule has 3 nitrogen and oxygen atoms in total. The topological polar surface area (TPSA) is 42.2 Å². The van der Waals surface area contributed by atoms with Crippen LogP contribution in [0.2, 0.25) is 0 Å². The van der Waals surface area contributed by atoms with Gasteiger partial charge < -0.3 is 9.47 Å². The van der Waals surface area contributed by atoms with Gasteiger partial charge in [0.25, 0.3) is 0 Å². The summed E-state index contributed by atoms with van der Waals surface area (Å²) in [6, 6.07) is 6.25. The second kappa shape index (κ2) is 7.00. The van der Waals surface area contributed by atoms with Crippen molar-refractivity contribution in [2.24, 2.45) is 0 Å². The van der Waals surface area contributed by atoms with E-state index in [1.165, 1.54) is 6.07 Å². The Morgan fingerprint density at radius 3 is 2.82 bits per heavy atom. The van der Waals surface area contributed by atoms with E-state index < -0.39 is 5.82 Å². The number of halogens is 1. The van der Waals surface area contributed by atoms with Gasteiger partial charge in [-0.05, 0) is 26.0 Å². The summed E-state index contributed by atoms with van der Waals surface area (Å²) >= 11 is 0. The Morgan fingerprint density at radius 2 is 2.24 bits per heavy atom. The number of hydrogen-bond donors (Lipinski definition) is 0. The first-order chi connectivity index (χ1) is 8.17. The molecule has 0 saturated heterocycles. The van der Waals surface area contributed by atoms with Crippen molar-refractivity contribution in [3.8, 4) is 6.07 Å². The van der Waals surface area contributed by atoms with Gasteiger partial charge in [-0.1, -0.05) is 6.07 Å². The molecule has 0 N–H and O–H groups in total. The minimum Gasteiger partial charge on any atom is -0.379 e. The lowest BCUT2D eigenvalue weighted by Crippen LogP contribution is -2.16. The Balaban J connectivity index is 2.49. The van der Waals surface area contributed by atoms with Gasteiger partial charge in [-0.3, -0.25) is 0 Å². The minimum absolute atomic E-state index is 0.0787. The second-order valence-corrected chi connectivity index (χ2v) is 3.70. The van der Waals surface area contributed by atoms with Crippen molar-refractivity contribution in [3.05, 3.63) is 35.1 Å². The summed E-state index contributed by atoms with van der Waals surface area (Å²) in [5, 5.41) is 8.60. The maximum atomic E-state index is 13.5. The van der Waals surface area contributed by atoms with Gasteiger partial charge in [0.1, 0.15) is 5.82 Å². The molecule has 0 amide bonds. The first-order valence-electron chi connectivity index (χ1n) is 5.55. The van der Waals surface area contributed by atoms with E-state index in [0.29, 0.717) is 24.3 Å². The molecular formula is C13H16FNO2. The van der Waals surface area contributed by atoms with Gasteiger partial charge in [-0.25, -0.2) is 4.39 Å². The van der Waals surface area contributed by atoms with Crippen LogP contribution in [-0.4, -0.2) is 19.3 Å². The lowest BCUT2D eigenvalue weighted by molar-refractivity contribution is -0.0125. The van der Waals surface area contributed by atoms with E-state index >= 15 is 0 Å². The molecule has 1 aromatic carbocycles. The molecule has 1 aromatic rings. The molecule has 0 bridgehead atoms. The first kappa shape index (κ1) is 13.6.